The minimum absolute atomic E-state index is 0.00814. The molecule has 0 unspecified atom stereocenters. The van der Waals surface area contributed by atoms with E-state index in [1.165, 1.54) is 5.56 Å². The fraction of sp³-hybridized carbons (Fsp3) is 0.629. The topological polar surface area (TPSA) is 111 Å². The zero-order valence-corrected chi connectivity index (χ0v) is 28.0. The number of nitrogens with zero attached hydrogens (tertiary/aromatic N) is 1. The molecule has 244 valence electrons. The van der Waals surface area contributed by atoms with Gasteiger partial charge in [0.25, 0.3) is 11.8 Å². The summed E-state index contributed by atoms with van der Waals surface area (Å²) < 4.78 is 15.0. The average molecular weight is 619 g/mol. The number of hydrogen-bond acceptors (Lipinski definition) is 5. The van der Waals surface area contributed by atoms with E-state index in [1.54, 1.807) is 42.1 Å². The fourth-order valence-corrected chi connectivity index (χ4v) is 7.74. The molecule has 2 bridgehead atoms. The van der Waals surface area contributed by atoms with Crippen LogP contribution in [0.3, 0.4) is 0 Å². The van der Waals surface area contributed by atoms with Crippen LogP contribution in [-0.4, -0.2) is 59.6 Å². The van der Waals surface area contributed by atoms with Gasteiger partial charge in [-0.05, 0) is 92.0 Å². The molecule has 0 radical (unpaired) electrons. The number of unbranched alkanes of at least 4 members (excludes halogenated alkanes) is 1. The van der Waals surface area contributed by atoms with Gasteiger partial charge in [0.1, 0.15) is 11.7 Å². The second-order valence-corrected chi connectivity index (χ2v) is 14.6. The van der Waals surface area contributed by atoms with Gasteiger partial charge in [0, 0.05) is 25.4 Å². The highest BCUT2D eigenvalue weighted by Crippen LogP contribution is 2.65. The van der Waals surface area contributed by atoms with Crippen LogP contribution in [0.25, 0.3) is 0 Å². The van der Waals surface area contributed by atoms with Crippen LogP contribution < -0.4 is 16.0 Å². The largest absolute Gasteiger partial charge is 0.481 e. The number of rotatable bonds is 13. The molecule has 0 spiro atoms. The monoisotopic (exact) mass is 618 g/mol. The van der Waals surface area contributed by atoms with Gasteiger partial charge in [0.2, 0.25) is 5.91 Å². The highest BCUT2D eigenvalue weighted by molar-refractivity contribution is 6.48. The Morgan fingerprint density at radius 3 is 2.40 bits per heavy atom. The van der Waals surface area contributed by atoms with E-state index >= 15 is 0 Å². The molecule has 1 aromatic heterocycles. The average Bonchev–Trinajstić information content (AvgIpc) is 3.59. The Hall–Kier alpha value is -3.11. The van der Waals surface area contributed by atoms with Crippen molar-refractivity contribution in [2.75, 3.05) is 6.54 Å². The number of benzene rings is 1. The van der Waals surface area contributed by atoms with Gasteiger partial charge >= 0.3 is 7.12 Å². The SMILES string of the molecule is CCCCc1ccc(C(=O)N[C@@H](CNC(=O)c2cccn2C)C(=O)N[C@@H](CC(C)C)B2O[C@@H]3C[C@H]4C[C@H](C4(C)C)[C@]3(C)O2)cc1. The molecule has 3 N–H and O–H groups in total. The van der Waals surface area contributed by atoms with E-state index < -0.39 is 30.6 Å². The maximum atomic E-state index is 14.0. The predicted molar refractivity (Wildman–Crippen MR) is 176 cm³/mol. The summed E-state index contributed by atoms with van der Waals surface area (Å²) >= 11 is 0. The number of aryl methyl sites for hydroxylation is 2. The molecule has 6 atom stereocenters. The molecule has 45 heavy (non-hydrogen) atoms. The molecule has 1 saturated heterocycles. The van der Waals surface area contributed by atoms with Gasteiger partial charge in [-0.3, -0.25) is 14.4 Å². The lowest BCUT2D eigenvalue weighted by Crippen LogP contribution is -2.65. The van der Waals surface area contributed by atoms with Crippen LogP contribution >= 0.6 is 0 Å². The molecule has 3 amide bonds. The molecule has 9 nitrogen and oxygen atoms in total. The Kier molecular flexibility index (Phi) is 9.85. The third kappa shape index (κ3) is 6.87. The summed E-state index contributed by atoms with van der Waals surface area (Å²) in [6.45, 7) is 13.1. The van der Waals surface area contributed by atoms with E-state index in [0.717, 1.165) is 32.1 Å². The number of carbonyl (C=O) groups excluding carboxylic acids is 3. The molecule has 3 saturated carbocycles. The van der Waals surface area contributed by atoms with E-state index in [-0.39, 0.29) is 35.8 Å². The van der Waals surface area contributed by atoms with E-state index in [0.29, 0.717) is 29.5 Å². The maximum absolute atomic E-state index is 14.0. The van der Waals surface area contributed by atoms with Crippen molar-refractivity contribution < 1.29 is 23.7 Å². The smallest absolute Gasteiger partial charge is 0.404 e. The summed E-state index contributed by atoms with van der Waals surface area (Å²) in [7, 11) is 1.19. The third-order valence-electron chi connectivity index (χ3n) is 10.7. The standard InChI is InChI=1S/C35H51BN4O5/c1-8-9-11-23-13-15-24(16-14-23)31(41)38-26(21-37-33(43)27-12-10-17-40(27)7)32(42)39-30(18-22(2)3)36-44-29-20-25-19-28(34(25,4)5)35(29,6)45-36/h10,12-17,22,25-26,28-30H,8-9,11,18-21H2,1-7H3,(H,37,43)(H,38,41)(H,39,42)/t25-,26+,28-,29-,30+,35+/m1/s1. The predicted octanol–water partition coefficient (Wildman–Crippen LogP) is 4.69. The lowest BCUT2D eigenvalue weighted by atomic mass is 9.43. The Labute approximate surface area is 268 Å². The Bertz CT molecular complexity index is 1370. The van der Waals surface area contributed by atoms with E-state index in [9.17, 15) is 14.4 Å². The van der Waals surface area contributed by atoms with Crippen molar-refractivity contribution >= 4 is 24.8 Å². The van der Waals surface area contributed by atoms with Crippen molar-refractivity contribution in [1.29, 1.82) is 0 Å². The van der Waals surface area contributed by atoms with Crippen LogP contribution in [0.4, 0.5) is 0 Å². The third-order valence-corrected chi connectivity index (χ3v) is 10.7. The van der Waals surface area contributed by atoms with Gasteiger partial charge in [0.15, 0.2) is 0 Å². The summed E-state index contributed by atoms with van der Waals surface area (Å²) in [5, 5.41) is 8.90. The van der Waals surface area contributed by atoms with E-state index in [1.807, 2.05) is 12.1 Å². The molecule has 10 heteroatoms. The number of amides is 3. The van der Waals surface area contributed by atoms with Crippen molar-refractivity contribution in [2.24, 2.45) is 30.2 Å². The highest BCUT2D eigenvalue weighted by Gasteiger charge is 2.68. The minimum Gasteiger partial charge on any atom is -0.404 e. The lowest BCUT2D eigenvalue weighted by Gasteiger charge is -2.64. The zero-order valence-electron chi connectivity index (χ0n) is 28.0. The summed E-state index contributed by atoms with van der Waals surface area (Å²) in [5.74, 6) is -0.219. The van der Waals surface area contributed by atoms with E-state index in [4.69, 9.17) is 9.31 Å². The Balaban J connectivity index is 1.31. The number of carbonyl (C=O) groups is 3. The lowest BCUT2D eigenvalue weighted by molar-refractivity contribution is -0.199. The molecule has 1 aromatic carbocycles. The number of aromatic nitrogens is 1. The maximum Gasteiger partial charge on any atom is 0.481 e. The summed E-state index contributed by atoms with van der Waals surface area (Å²) in [4.78, 5) is 40.3. The normalized spacial score (nSPS) is 26.0. The van der Waals surface area contributed by atoms with Gasteiger partial charge in [-0.1, -0.05) is 53.2 Å². The molecule has 4 fully saturated rings. The van der Waals surface area contributed by atoms with Crippen molar-refractivity contribution in [1.82, 2.24) is 20.5 Å². The molecular formula is C35H51BN4O5. The van der Waals surface area contributed by atoms with Gasteiger partial charge < -0.3 is 29.8 Å². The van der Waals surface area contributed by atoms with Crippen molar-refractivity contribution in [3.63, 3.8) is 0 Å². The van der Waals surface area contributed by atoms with Crippen LogP contribution in [-0.2, 0) is 27.6 Å². The Morgan fingerprint density at radius 2 is 1.78 bits per heavy atom. The first-order valence-electron chi connectivity index (χ1n) is 16.8. The van der Waals surface area contributed by atoms with Crippen LogP contribution in [0, 0.1) is 23.2 Å². The summed E-state index contributed by atoms with van der Waals surface area (Å²) in [6, 6.07) is 9.96. The van der Waals surface area contributed by atoms with Crippen molar-refractivity contribution in [2.45, 2.75) is 104 Å². The van der Waals surface area contributed by atoms with E-state index in [2.05, 4.69) is 57.5 Å². The van der Waals surface area contributed by atoms with Crippen LogP contribution in [0.5, 0.6) is 0 Å². The quantitative estimate of drug-likeness (QED) is 0.282. The zero-order chi connectivity index (χ0) is 32.5. The number of hydrogen-bond donors (Lipinski definition) is 3. The summed E-state index contributed by atoms with van der Waals surface area (Å²) in [5.41, 5.74) is 1.90. The highest BCUT2D eigenvalue weighted by atomic mass is 16.7. The van der Waals surface area contributed by atoms with Crippen LogP contribution in [0.1, 0.15) is 100 Å². The van der Waals surface area contributed by atoms with Crippen LogP contribution in [0.15, 0.2) is 42.6 Å². The van der Waals surface area contributed by atoms with Gasteiger partial charge in [0.05, 0.1) is 17.6 Å². The number of nitrogens with one attached hydrogen (secondary N) is 3. The molecule has 4 aliphatic rings. The minimum atomic E-state index is -1.01. The van der Waals surface area contributed by atoms with Crippen molar-refractivity contribution in [3.8, 4) is 0 Å². The summed E-state index contributed by atoms with van der Waals surface area (Å²) in [6.07, 6.45) is 7.66. The first kappa shape index (κ1) is 33.3. The molecule has 3 aliphatic carbocycles. The van der Waals surface area contributed by atoms with Gasteiger partial charge in [-0.2, -0.15) is 0 Å². The molecule has 1 aliphatic heterocycles. The molecule has 6 rings (SSSR count). The van der Waals surface area contributed by atoms with Crippen molar-refractivity contribution in [3.05, 3.63) is 59.4 Å². The second-order valence-electron chi connectivity index (χ2n) is 14.6. The van der Waals surface area contributed by atoms with Gasteiger partial charge in [-0.25, -0.2) is 0 Å². The van der Waals surface area contributed by atoms with Crippen LogP contribution in [0.2, 0.25) is 0 Å². The fourth-order valence-electron chi connectivity index (χ4n) is 7.74. The first-order chi connectivity index (χ1) is 21.3. The molecular weight excluding hydrogens is 567 g/mol. The molecule has 2 heterocycles. The van der Waals surface area contributed by atoms with Gasteiger partial charge in [-0.15, -0.1) is 0 Å². The first-order valence-corrected chi connectivity index (χ1v) is 16.8. The molecule has 2 aromatic rings. The Morgan fingerprint density at radius 1 is 1.04 bits per heavy atom. The second kappa shape index (κ2) is 13.3.